The highest BCUT2D eigenvalue weighted by molar-refractivity contribution is 6.31. The maximum atomic E-state index is 12.1. The van der Waals surface area contributed by atoms with Crippen molar-refractivity contribution in [2.45, 2.75) is 13.3 Å². The molecule has 0 spiro atoms. The molecule has 0 atom stereocenters. The van der Waals surface area contributed by atoms with Crippen LogP contribution < -0.4 is 5.32 Å². The molecule has 2 aromatic carbocycles. The number of nitro benzene ring substituents is 1. The average molecular weight is 319 g/mol. The van der Waals surface area contributed by atoms with Gasteiger partial charge in [0, 0.05) is 17.6 Å². The van der Waals surface area contributed by atoms with E-state index in [1.807, 2.05) is 31.2 Å². The molecule has 0 aromatic heterocycles. The number of amides is 1. The van der Waals surface area contributed by atoms with Crippen molar-refractivity contribution >= 4 is 23.2 Å². The lowest BCUT2D eigenvalue weighted by Gasteiger charge is -2.08. The Bertz CT molecular complexity index is 716. The number of nitro groups is 1. The molecule has 6 heteroatoms. The summed E-state index contributed by atoms with van der Waals surface area (Å²) < 4.78 is 0. The number of hydrogen-bond donors (Lipinski definition) is 1. The first kappa shape index (κ1) is 16.0. The largest absolute Gasteiger partial charge is 0.351 e. The lowest BCUT2D eigenvalue weighted by Crippen LogP contribution is -2.26. The summed E-state index contributed by atoms with van der Waals surface area (Å²) in [6.45, 7) is 2.41. The van der Waals surface area contributed by atoms with Crippen LogP contribution in [0.5, 0.6) is 0 Å². The first-order chi connectivity index (χ1) is 10.5. The Morgan fingerprint density at radius 2 is 2.00 bits per heavy atom. The molecule has 0 aliphatic rings. The molecule has 0 unspecified atom stereocenters. The quantitative estimate of drug-likeness (QED) is 0.677. The van der Waals surface area contributed by atoms with Gasteiger partial charge in [-0.1, -0.05) is 35.9 Å². The topological polar surface area (TPSA) is 72.2 Å². The van der Waals surface area contributed by atoms with Gasteiger partial charge in [0.25, 0.3) is 11.6 Å². The van der Waals surface area contributed by atoms with Gasteiger partial charge in [0.2, 0.25) is 0 Å². The Hall–Kier alpha value is -2.40. The van der Waals surface area contributed by atoms with Crippen LogP contribution in [-0.2, 0) is 6.42 Å². The van der Waals surface area contributed by atoms with Crippen LogP contribution in [0.25, 0.3) is 0 Å². The summed E-state index contributed by atoms with van der Waals surface area (Å²) in [4.78, 5) is 22.5. The van der Waals surface area contributed by atoms with E-state index >= 15 is 0 Å². The molecular weight excluding hydrogens is 304 g/mol. The Morgan fingerprint density at radius 1 is 1.27 bits per heavy atom. The summed E-state index contributed by atoms with van der Waals surface area (Å²) in [5, 5.41) is 13.9. The molecule has 1 amide bonds. The van der Waals surface area contributed by atoms with Gasteiger partial charge in [0.15, 0.2) is 0 Å². The average Bonchev–Trinajstić information content (AvgIpc) is 2.49. The summed E-state index contributed by atoms with van der Waals surface area (Å²) in [6, 6.07) is 11.9. The van der Waals surface area contributed by atoms with E-state index in [-0.39, 0.29) is 16.3 Å². The van der Waals surface area contributed by atoms with Crippen molar-refractivity contribution in [2.24, 2.45) is 0 Å². The minimum Gasteiger partial charge on any atom is -0.351 e. The molecule has 0 aliphatic heterocycles. The first-order valence-electron chi connectivity index (χ1n) is 6.75. The number of carbonyl (C=O) groups excluding carboxylic acids is 1. The predicted molar refractivity (Wildman–Crippen MR) is 85.3 cm³/mol. The molecule has 0 aliphatic carbocycles. The van der Waals surface area contributed by atoms with Gasteiger partial charge in [-0.25, -0.2) is 0 Å². The highest BCUT2D eigenvalue weighted by Crippen LogP contribution is 2.23. The van der Waals surface area contributed by atoms with Crippen LogP contribution in [-0.4, -0.2) is 17.4 Å². The maximum absolute atomic E-state index is 12.1. The zero-order valence-corrected chi connectivity index (χ0v) is 12.8. The van der Waals surface area contributed by atoms with Crippen molar-refractivity contribution in [3.05, 3.63) is 74.3 Å². The Balaban J connectivity index is 2.04. The van der Waals surface area contributed by atoms with E-state index in [0.29, 0.717) is 13.0 Å². The van der Waals surface area contributed by atoms with Gasteiger partial charge in [-0.05, 0) is 36.6 Å². The van der Waals surface area contributed by atoms with Gasteiger partial charge < -0.3 is 5.32 Å². The smallest absolute Gasteiger partial charge is 0.283 e. The summed E-state index contributed by atoms with van der Waals surface area (Å²) in [6.07, 6.45) is 0.666. The van der Waals surface area contributed by atoms with Gasteiger partial charge in [-0.15, -0.1) is 0 Å². The third-order valence-corrected chi connectivity index (χ3v) is 3.58. The SMILES string of the molecule is Cc1ccccc1CCNC(=O)c1ccc(Cl)cc1[N+](=O)[O-]. The number of aryl methyl sites for hydroxylation is 1. The van der Waals surface area contributed by atoms with Crippen LogP contribution in [0.4, 0.5) is 5.69 Å². The van der Waals surface area contributed by atoms with Crippen molar-refractivity contribution in [3.63, 3.8) is 0 Å². The number of benzene rings is 2. The maximum Gasteiger partial charge on any atom is 0.283 e. The standard InChI is InChI=1S/C16H15ClN2O3/c1-11-4-2-3-5-12(11)8-9-18-16(20)14-7-6-13(17)10-15(14)19(21)22/h2-7,10H,8-9H2,1H3,(H,18,20). The second-order valence-corrected chi connectivity index (χ2v) is 5.29. The van der Waals surface area contributed by atoms with Crippen LogP contribution in [0.1, 0.15) is 21.5 Å². The van der Waals surface area contributed by atoms with Gasteiger partial charge in [0.05, 0.1) is 4.92 Å². The third-order valence-electron chi connectivity index (χ3n) is 3.34. The fourth-order valence-corrected chi connectivity index (χ4v) is 2.31. The van der Waals surface area contributed by atoms with Crippen LogP contribution in [0, 0.1) is 17.0 Å². The van der Waals surface area contributed by atoms with Gasteiger partial charge in [-0.3, -0.25) is 14.9 Å². The Labute approximate surface area is 133 Å². The Kier molecular flexibility index (Phi) is 5.12. The second-order valence-electron chi connectivity index (χ2n) is 4.85. The third kappa shape index (κ3) is 3.83. The number of carbonyl (C=O) groups is 1. The zero-order valence-electron chi connectivity index (χ0n) is 12.0. The lowest BCUT2D eigenvalue weighted by atomic mass is 10.1. The molecular formula is C16H15ClN2O3. The summed E-state index contributed by atoms with van der Waals surface area (Å²) in [5.74, 6) is -0.475. The van der Waals surface area contributed by atoms with Gasteiger partial charge in [-0.2, -0.15) is 0 Å². The van der Waals surface area contributed by atoms with E-state index < -0.39 is 10.8 Å². The number of hydrogen-bond acceptors (Lipinski definition) is 3. The van der Waals surface area contributed by atoms with E-state index in [9.17, 15) is 14.9 Å². The molecule has 2 rings (SSSR count). The highest BCUT2D eigenvalue weighted by atomic mass is 35.5. The fourth-order valence-electron chi connectivity index (χ4n) is 2.14. The van der Waals surface area contributed by atoms with Crippen LogP contribution >= 0.6 is 11.6 Å². The molecule has 114 valence electrons. The van der Waals surface area contributed by atoms with Crippen LogP contribution in [0.3, 0.4) is 0 Å². The van der Waals surface area contributed by atoms with Crippen molar-refractivity contribution < 1.29 is 9.72 Å². The lowest BCUT2D eigenvalue weighted by molar-refractivity contribution is -0.385. The van der Waals surface area contributed by atoms with E-state index in [0.717, 1.165) is 11.1 Å². The molecule has 5 nitrogen and oxygen atoms in total. The normalized spacial score (nSPS) is 10.3. The predicted octanol–water partition coefficient (Wildman–Crippen LogP) is 3.53. The molecule has 0 heterocycles. The molecule has 0 bridgehead atoms. The van der Waals surface area contributed by atoms with E-state index in [1.54, 1.807) is 0 Å². The van der Waals surface area contributed by atoms with Crippen molar-refractivity contribution in [2.75, 3.05) is 6.54 Å². The second kappa shape index (κ2) is 7.04. The molecule has 0 saturated heterocycles. The monoisotopic (exact) mass is 318 g/mol. The molecule has 0 saturated carbocycles. The summed E-state index contributed by atoms with van der Waals surface area (Å²) in [7, 11) is 0. The van der Waals surface area contributed by atoms with E-state index in [1.165, 1.54) is 18.2 Å². The molecule has 22 heavy (non-hydrogen) atoms. The molecule has 0 radical (unpaired) electrons. The molecule has 0 fully saturated rings. The first-order valence-corrected chi connectivity index (χ1v) is 7.13. The number of nitrogens with zero attached hydrogens (tertiary/aromatic N) is 1. The number of rotatable bonds is 5. The summed E-state index contributed by atoms with van der Waals surface area (Å²) in [5.41, 5.74) is 2.00. The Morgan fingerprint density at radius 3 is 2.68 bits per heavy atom. The highest BCUT2D eigenvalue weighted by Gasteiger charge is 2.20. The van der Waals surface area contributed by atoms with Crippen molar-refractivity contribution in [1.82, 2.24) is 5.32 Å². The minimum absolute atomic E-state index is 0.0131. The zero-order chi connectivity index (χ0) is 16.1. The van der Waals surface area contributed by atoms with Gasteiger partial charge in [0.1, 0.15) is 5.56 Å². The fraction of sp³-hybridized carbons (Fsp3) is 0.188. The minimum atomic E-state index is -0.609. The molecule has 2 aromatic rings. The van der Waals surface area contributed by atoms with E-state index in [2.05, 4.69) is 5.32 Å². The van der Waals surface area contributed by atoms with Crippen LogP contribution in [0.2, 0.25) is 5.02 Å². The number of nitrogens with one attached hydrogen (secondary N) is 1. The van der Waals surface area contributed by atoms with Gasteiger partial charge >= 0.3 is 0 Å². The van der Waals surface area contributed by atoms with Crippen molar-refractivity contribution in [1.29, 1.82) is 0 Å². The van der Waals surface area contributed by atoms with Crippen molar-refractivity contribution in [3.8, 4) is 0 Å². The van der Waals surface area contributed by atoms with E-state index in [4.69, 9.17) is 11.6 Å². The summed E-state index contributed by atoms with van der Waals surface area (Å²) >= 11 is 5.73. The van der Waals surface area contributed by atoms with Crippen LogP contribution in [0.15, 0.2) is 42.5 Å². The number of halogens is 1. The molecule has 1 N–H and O–H groups in total.